The van der Waals surface area contributed by atoms with Gasteiger partial charge in [0, 0.05) is 32.6 Å². The number of amides is 1. The van der Waals surface area contributed by atoms with Crippen molar-refractivity contribution in [2.24, 2.45) is 5.92 Å². The first-order valence-corrected chi connectivity index (χ1v) is 9.16. The van der Waals surface area contributed by atoms with E-state index in [9.17, 15) is 4.79 Å². The third kappa shape index (κ3) is 6.47. The van der Waals surface area contributed by atoms with Crippen LogP contribution in [-0.4, -0.2) is 43.9 Å². The molecule has 1 N–H and O–H groups in total. The third-order valence-electron chi connectivity index (χ3n) is 4.22. The number of rotatable bonds is 10. The molecule has 0 bridgehead atoms. The topological polar surface area (TPSA) is 69.7 Å². The lowest BCUT2D eigenvalue weighted by atomic mass is 9.83. The number of carbonyl (C=O) groups is 1. The van der Waals surface area contributed by atoms with Crippen LogP contribution >= 0.6 is 15.9 Å². The molecule has 1 amide bonds. The van der Waals surface area contributed by atoms with E-state index >= 15 is 0 Å². The van der Waals surface area contributed by atoms with E-state index < -0.39 is 5.54 Å². The first-order chi connectivity index (χ1) is 11.7. The maximum Gasteiger partial charge on any atom is 0.257 e. The van der Waals surface area contributed by atoms with Crippen LogP contribution in [0.1, 0.15) is 39.7 Å². The van der Waals surface area contributed by atoms with Gasteiger partial charge in [-0.2, -0.15) is 0 Å². The molecule has 142 valence electrons. The summed E-state index contributed by atoms with van der Waals surface area (Å²) in [5.41, 5.74) is 0.560. The number of pyridine rings is 1. The van der Waals surface area contributed by atoms with Gasteiger partial charge in [0.05, 0.1) is 13.7 Å². The highest BCUT2D eigenvalue weighted by molar-refractivity contribution is 9.10. The number of ether oxygens (including phenoxy) is 3. The Morgan fingerprint density at radius 1 is 1.36 bits per heavy atom. The molecule has 1 unspecified atom stereocenters. The van der Waals surface area contributed by atoms with E-state index in [4.69, 9.17) is 14.2 Å². The van der Waals surface area contributed by atoms with Gasteiger partial charge in [0.15, 0.2) is 5.75 Å². The molecule has 1 heterocycles. The van der Waals surface area contributed by atoms with Crippen LogP contribution in [-0.2, 0) is 16.0 Å². The minimum Gasteiger partial charge on any atom is -0.488 e. The molecule has 0 radical (unpaired) electrons. The Kier molecular flexibility index (Phi) is 8.65. The Morgan fingerprint density at radius 3 is 2.56 bits per heavy atom. The van der Waals surface area contributed by atoms with Gasteiger partial charge in [-0.05, 0) is 46.8 Å². The van der Waals surface area contributed by atoms with Gasteiger partial charge >= 0.3 is 0 Å². The van der Waals surface area contributed by atoms with Gasteiger partial charge < -0.3 is 19.5 Å². The molecule has 1 aromatic heterocycles. The van der Waals surface area contributed by atoms with Crippen LogP contribution in [0.2, 0.25) is 0 Å². The number of hydrogen-bond donors (Lipinski definition) is 1. The van der Waals surface area contributed by atoms with Crippen LogP contribution in [0.15, 0.2) is 10.7 Å². The second-order valence-corrected chi connectivity index (χ2v) is 7.32. The molecule has 0 aliphatic carbocycles. The number of nitrogens with zero attached hydrogens (tertiary/aromatic N) is 1. The standard InChI is InChI=1S/C18H29BrN2O4/c1-12(2)18(4,21-13(3)22)11-14-10-15(25-9-7-8-23-5)17(24-6)20-16(14)19/h10,12H,7-9,11H2,1-6H3,(H,21,22). The highest BCUT2D eigenvalue weighted by Gasteiger charge is 2.31. The lowest BCUT2D eigenvalue weighted by Crippen LogP contribution is -2.50. The van der Waals surface area contributed by atoms with E-state index in [1.807, 2.05) is 13.0 Å². The van der Waals surface area contributed by atoms with Gasteiger partial charge in [-0.25, -0.2) is 4.98 Å². The summed E-state index contributed by atoms with van der Waals surface area (Å²) in [5.74, 6) is 1.21. The SMILES string of the molecule is COCCCOc1cc(CC(C)(NC(C)=O)C(C)C)c(Br)nc1OC. The Bertz CT molecular complexity index is 580. The van der Waals surface area contributed by atoms with Gasteiger partial charge in [-0.1, -0.05) is 13.8 Å². The van der Waals surface area contributed by atoms with Gasteiger partial charge in [0.1, 0.15) is 4.60 Å². The van der Waals surface area contributed by atoms with Crippen molar-refractivity contribution in [2.75, 3.05) is 27.4 Å². The Labute approximate surface area is 158 Å². The zero-order valence-electron chi connectivity index (χ0n) is 15.9. The number of aromatic nitrogens is 1. The maximum atomic E-state index is 11.6. The summed E-state index contributed by atoms with van der Waals surface area (Å²) in [7, 11) is 3.22. The quantitative estimate of drug-likeness (QED) is 0.467. The average Bonchev–Trinajstić information content (AvgIpc) is 2.53. The van der Waals surface area contributed by atoms with E-state index in [0.717, 1.165) is 12.0 Å². The van der Waals surface area contributed by atoms with Gasteiger partial charge in [-0.15, -0.1) is 0 Å². The van der Waals surface area contributed by atoms with Gasteiger partial charge in [0.25, 0.3) is 5.88 Å². The van der Waals surface area contributed by atoms with Crippen molar-refractivity contribution >= 4 is 21.8 Å². The van der Waals surface area contributed by atoms with Crippen LogP contribution in [0, 0.1) is 5.92 Å². The normalized spacial score (nSPS) is 13.4. The van der Waals surface area contributed by atoms with Gasteiger partial charge in [-0.3, -0.25) is 4.79 Å². The average molecular weight is 417 g/mol. The van der Waals surface area contributed by atoms with Crippen molar-refractivity contribution < 1.29 is 19.0 Å². The lowest BCUT2D eigenvalue weighted by Gasteiger charge is -2.35. The van der Waals surface area contributed by atoms with Crippen molar-refractivity contribution in [1.82, 2.24) is 10.3 Å². The predicted octanol–water partition coefficient (Wildman–Crippen LogP) is 3.36. The Morgan fingerprint density at radius 2 is 2.04 bits per heavy atom. The highest BCUT2D eigenvalue weighted by Crippen LogP contribution is 2.33. The van der Waals surface area contributed by atoms with E-state index in [-0.39, 0.29) is 11.8 Å². The van der Waals surface area contributed by atoms with Crippen molar-refractivity contribution in [3.63, 3.8) is 0 Å². The van der Waals surface area contributed by atoms with Crippen molar-refractivity contribution in [3.05, 3.63) is 16.2 Å². The van der Waals surface area contributed by atoms with Crippen LogP contribution in [0.25, 0.3) is 0 Å². The number of methoxy groups -OCH3 is 2. The smallest absolute Gasteiger partial charge is 0.257 e. The summed E-state index contributed by atoms with van der Waals surface area (Å²) in [5, 5.41) is 3.06. The van der Waals surface area contributed by atoms with Crippen LogP contribution < -0.4 is 14.8 Å². The fourth-order valence-electron chi connectivity index (χ4n) is 2.45. The summed E-state index contributed by atoms with van der Waals surface area (Å²) in [6.07, 6.45) is 1.40. The summed E-state index contributed by atoms with van der Waals surface area (Å²) in [6.45, 7) is 8.89. The summed E-state index contributed by atoms with van der Waals surface area (Å²) < 4.78 is 16.8. The molecule has 0 saturated heterocycles. The van der Waals surface area contributed by atoms with E-state index in [0.29, 0.717) is 35.9 Å². The van der Waals surface area contributed by atoms with Crippen LogP contribution in [0.4, 0.5) is 0 Å². The number of carbonyl (C=O) groups excluding carboxylic acids is 1. The molecule has 1 aromatic rings. The number of halogens is 1. The molecule has 0 aromatic carbocycles. The van der Waals surface area contributed by atoms with E-state index in [1.54, 1.807) is 14.2 Å². The van der Waals surface area contributed by atoms with Crippen molar-refractivity contribution in [2.45, 2.75) is 46.1 Å². The number of hydrogen-bond acceptors (Lipinski definition) is 5. The molecular weight excluding hydrogens is 388 g/mol. The first kappa shape index (κ1) is 21.7. The first-order valence-electron chi connectivity index (χ1n) is 8.37. The Balaban J connectivity index is 3.06. The summed E-state index contributed by atoms with van der Waals surface area (Å²) in [6, 6.07) is 1.92. The zero-order chi connectivity index (χ0) is 19.0. The molecule has 1 rings (SSSR count). The molecule has 25 heavy (non-hydrogen) atoms. The van der Waals surface area contributed by atoms with E-state index in [2.05, 4.69) is 40.1 Å². The van der Waals surface area contributed by atoms with E-state index in [1.165, 1.54) is 6.92 Å². The number of nitrogens with one attached hydrogen (secondary N) is 1. The zero-order valence-corrected chi connectivity index (χ0v) is 17.5. The molecule has 6 nitrogen and oxygen atoms in total. The molecular formula is C18H29BrN2O4. The third-order valence-corrected chi connectivity index (χ3v) is 4.90. The minimum absolute atomic E-state index is 0.0511. The van der Waals surface area contributed by atoms with Gasteiger partial charge in [0.2, 0.25) is 5.91 Å². The van der Waals surface area contributed by atoms with Crippen molar-refractivity contribution in [1.29, 1.82) is 0 Å². The molecule has 0 aliphatic heterocycles. The largest absolute Gasteiger partial charge is 0.488 e. The second kappa shape index (κ2) is 9.97. The maximum absolute atomic E-state index is 11.6. The second-order valence-electron chi connectivity index (χ2n) is 6.57. The predicted molar refractivity (Wildman–Crippen MR) is 101 cm³/mol. The lowest BCUT2D eigenvalue weighted by molar-refractivity contribution is -0.121. The van der Waals surface area contributed by atoms with Crippen LogP contribution in [0.3, 0.4) is 0 Å². The molecule has 1 atom stereocenters. The summed E-state index contributed by atoms with van der Waals surface area (Å²) >= 11 is 3.50. The fraction of sp³-hybridized carbons (Fsp3) is 0.667. The van der Waals surface area contributed by atoms with Crippen LogP contribution in [0.5, 0.6) is 11.6 Å². The fourth-order valence-corrected chi connectivity index (χ4v) is 2.86. The monoisotopic (exact) mass is 416 g/mol. The molecule has 0 saturated carbocycles. The molecule has 7 heteroatoms. The molecule has 0 aliphatic rings. The highest BCUT2D eigenvalue weighted by atomic mass is 79.9. The molecule has 0 spiro atoms. The molecule has 0 fully saturated rings. The minimum atomic E-state index is -0.391. The summed E-state index contributed by atoms with van der Waals surface area (Å²) in [4.78, 5) is 16.1. The van der Waals surface area contributed by atoms with Crippen molar-refractivity contribution in [3.8, 4) is 11.6 Å². The Hall–Kier alpha value is -1.34.